The predicted molar refractivity (Wildman–Crippen MR) is 75.6 cm³/mol. The van der Waals surface area contributed by atoms with Gasteiger partial charge in [0, 0.05) is 20.2 Å². The molecule has 1 rings (SSSR count). The van der Waals surface area contributed by atoms with Gasteiger partial charge in [-0.3, -0.25) is 4.79 Å². The lowest BCUT2D eigenvalue weighted by atomic mass is 9.82. The van der Waals surface area contributed by atoms with Crippen molar-refractivity contribution in [1.82, 2.24) is 10.6 Å². The van der Waals surface area contributed by atoms with Crippen molar-refractivity contribution in [2.75, 3.05) is 20.2 Å². The summed E-state index contributed by atoms with van der Waals surface area (Å²) in [5.41, 5.74) is 0. The number of urea groups is 1. The number of carbonyl (C=O) groups excluding carboxylic acids is 1. The molecular weight excluding hydrogens is 260 g/mol. The highest BCUT2D eigenvalue weighted by Gasteiger charge is 2.19. The van der Waals surface area contributed by atoms with E-state index in [0.29, 0.717) is 12.5 Å². The van der Waals surface area contributed by atoms with Crippen molar-refractivity contribution in [3.05, 3.63) is 0 Å². The van der Waals surface area contributed by atoms with Gasteiger partial charge >= 0.3 is 12.0 Å². The minimum absolute atomic E-state index is 0.114. The number of hydrogen-bond donors (Lipinski definition) is 3. The van der Waals surface area contributed by atoms with Crippen LogP contribution in [0.15, 0.2) is 0 Å². The van der Waals surface area contributed by atoms with Crippen molar-refractivity contribution >= 4 is 12.0 Å². The van der Waals surface area contributed by atoms with E-state index in [4.69, 9.17) is 9.84 Å². The molecule has 3 unspecified atom stereocenters. The number of hydrogen-bond acceptors (Lipinski definition) is 3. The maximum absolute atomic E-state index is 11.6. The summed E-state index contributed by atoms with van der Waals surface area (Å²) in [6.07, 6.45) is 4.25. The Morgan fingerprint density at radius 1 is 1.35 bits per heavy atom. The van der Waals surface area contributed by atoms with Gasteiger partial charge in [-0.15, -0.1) is 0 Å². The second kappa shape index (κ2) is 8.79. The molecule has 2 amide bonds. The lowest BCUT2D eigenvalue weighted by molar-refractivity contribution is -0.139. The van der Waals surface area contributed by atoms with E-state index in [2.05, 4.69) is 17.6 Å². The van der Waals surface area contributed by atoms with Gasteiger partial charge in [0.25, 0.3) is 0 Å². The molecular formula is C14H26N2O4. The van der Waals surface area contributed by atoms with E-state index in [1.165, 1.54) is 32.8 Å². The Hall–Kier alpha value is -1.30. The lowest BCUT2D eigenvalue weighted by Gasteiger charge is -2.26. The van der Waals surface area contributed by atoms with Gasteiger partial charge in [0.2, 0.25) is 0 Å². The predicted octanol–water partition coefficient (Wildman–Crippen LogP) is 1.60. The van der Waals surface area contributed by atoms with Crippen LogP contribution in [-0.2, 0) is 9.53 Å². The van der Waals surface area contributed by atoms with Crippen LogP contribution in [0.25, 0.3) is 0 Å². The van der Waals surface area contributed by atoms with Crippen molar-refractivity contribution in [2.24, 2.45) is 11.8 Å². The molecule has 0 bridgehead atoms. The number of amides is 2. The number of aliphatic carboxylic acids is 1. The van der Waals surface area contributed by atoms with E-state index in [0.717, 1.165) is 5.92 Å². The largest absolute Gasteiger partial charge is 0.481 e. The molecule has 0 aromatic carbocycles. The summed E-state index contributed by atoms with van der Waals surface area (Å²) in [7, 11) is 1.44. The fraction of sp³-hybridized carbons (Fsp3) is 0.857. The highest BCUT2D eigenvalue weighted by molar-refractivity contribution is 5.74. The number of carbonyl (C=O) groups is 2. The molecule has 1 fully saturated rings. The normalized spacial score (nSPS) is 23.9. The molecule has 6 nitrogen and oxygen atoms in total. The van der Waals surface area contributed by atoms with Crippen molar-refractivity contribution < 1.29 is 19.4 Å². The Bertz CT molecular complexity index is 322. The number of rotatable bonds is 7. The Balaban J connectivity index is 2.17. The summed E-state index contributed by atoms with van der Waals surface area (Å²) < 4.78 is 5.00. The molecule has 0 saturated heterocycles. The van der Waals surface area contributed by atoms with E-state index >= 15 is 0 Å². The van der Waals surface area contributed by atoms with Gasteiger partial charge in [-0.2, -0.15) is 0 Å². The Morgan fingerprint density at radius 2 is 2.10 bits per heavy atom. The maximum atomic E-state index is 11.6. The van der Waals surface area contributed by atoms with Crippen LogP contribution in [0.4, 0.5) is 4.79 Å². The third-order valence-electron chi connectivity index (χ3n) is 3.82. The van der Waals surface area contributed by atoms with Crippen LogP contribution in [0.1, 0.15) is 39.0 Å². The summed E-state index contributed by atoms with van der Waals surface area (Å²) in [6, 6.07) is -0.254. The van der Waals surface area contributed by atoms with Gasteiger partial charge in [-0.05, 0) is 24.7 Å². The molecule has 1 saturated carbocycles. The standard InChI is InChI=1S/C14H26N2O4/c1-10-4-3-5-11(6-10)8-15-14(19)16-9-12(20-2)7-13(17)18/h10-12H,3-9H2,1-2H3,(H,17,18)(H2,15,16,19). The van der Waals surface area contributed by atoms with E-state index in [-0.39, 0.29) is 19.0 Å². The molecule has 116 valence electrons. The molecule has 0 heterocycles. The van der Waals surface area contributed by atoms with E-state index in [9.17, 15) is 9.59 Å². The van der Waals surface area contributed by atoms with Crippen molar-refractivity contribution in [3.8, 4) is 0 Å². The molecule has 0 aromatic heterocycles. The van der Waals surface area contributed by atoms with Crippen molar-refractivity contribution in [2.45, 2.75) is 45.1 Å². The van der Waals surface area contributed by atoms with Gasteiger partial charge in [0.1, 0.15) is 0 Å². The molecule has 0 aromatic rings. The molecule has 20 heavy (non-hydrogen) atoms. The topological polar surface area (TPSA) is 87.7 Å². The summed E-state index contributed by atoms with van der Waals surface area (Å²) >= 11 is 0. The highest BCUT2D eigenvalue weighted by Crippen LogP contribution is 2.27. The van der Waals surface area contributed by atoms with Gasteiger partial charge in [0.15, 0.2) is 0 Å². The van der Waals surface area contributed by atoms with Gasteiger partial charge in [0.05, 0.1) is 12.5 Å². The van der Waals surface area contributed by atoms with Gasteiger partial charge in [-0.1, -0.05) is 19.8 Å². The minimum atomic E-state index is -0.935. The summed E-state index contributed by atoms with van der Waals surface area (Å²) in [5.74, 6) is 0.365. The van der Waals surface area contributed by atoms with Crippen molar-refractivity contribution in [1.29, 1.82) is 0 Å². The van der Waals surface area contributed by atoms with Crippen LogP contribution in [0.3, 0.4) is 0 Å². The highest BCUT2D eigenvalue weighted by atomic mass is 16.5. The van der Waals surface area contributed by atoms with Crippen molar-refractivity contribution in [3.63, 3.8) is 0 Å². The molecule has 0 spiro atoms. The summed E-state index contributed by atoms with van der Waals surface area (Å²) in [4.78, 5) is 22.2. The Labute approximate surface area is 120 Å². The molecule has 1 aliphatic carbocycles. The molecule has 1 aliphatic rings. The number of nitrogens with one attached hydrogen (secondary N) is 2. The molecule has 3 atom stereocenters. The second-order valence-corrected chi connectivity index (χ2v) is 5.68. The zero-order valence-electron chi connectivity index (χ0n) is 12.4. The van der Waals surface area contributed by atoms with Crippen LogP contribution < -0.4 is 10.6 Å². The fourth-order valence-corrected chi connectivity index (χ4v) is 2.68. The van der Waals surface area contributed by atoms with Crippen LogP contribution in [0.5, 0.6) is 0 Å². The summed E-state index contributed by atoms with van der Waals surface area (Å²) in [5, 5.41) is 14.2. The van der Waals surface area contributed by atoms with E-state index in [1.807, 2.05) is 0 Å². The Morgan fingerprint density at radius 3 is 2.70 bits per heavy atom. The smallest absolute Gasteiger partial charge is 0.314 e. The molecule has 0 aliphatic heterocycles. The van der Waals surface area contributed by atoms with E-state index in [1.54, 1.807) is 0 Å². The number of methoxy groups -OCH3 is 1. The average Bonchev–Trinajstić information content (AvgIpc) is 2.40. The first-order chi connectivity index (χ1) is 9.51. The number of ether oxygens (including phenoxy) is 1. The maximum Gasteiger partial charge on any atom is 0.314 e. The van der Waals surface area contributed by atoms with Crippen LogP contribution >= 0.6 is 0 Å². The minimum Gasteiger partial charge on any atom is -0.481 e. The van der Waals surface area contributed by atoms with Gasteiger partial charge < -0.3 is 20.5 Å². The van der Waals surface area contributed by atoms with Crippen LogP contribution in [0.2, 0.25) is 0 Å². The first-order valence-electron chi connectivity index (χ1n) is 7.27. The van der Waals surface area contributed by atoms with Crippen LogP contribution in [-0.4, -0.2) is 43.4 Å². The zero-order chi connectivity index (χ0) is 15.0. The van der Waals surface area contributed by atoms with E-state index < -0.39 is 12.1 Å². The molecule has 0 radical (unpaired) electrons. The van der Waals surface area contributed by atoms with Gasteiger partial charge in [-0.25, -0.2) is 4.79 Å². The lowest BCUT2D eigenvalue weighted by Crippen LogP contribution is -2.42. The third kappa shape index (κ3) is 6.75. The monoisotopic (exact) mass is 286 g/mol. The molecule has 3 N–H and O–H groups in total. The first-order valence-corrected chi connectivity index (χ1v) is 7.27. The quantitative estimate of drug-likeness (QED) is 0.663. The number of carboxylic acids is 1. The average molecular weight is 286 g/mol. The Kier molecular flexibility index (Phi) is 7.36. The fourth-order valence-electron chi connectivity index (χ4n) is 2.68. The first kappa shape index (κ1) is 16.8. The number of carboxylic acid groups (broad SMARTS) is 1. The molecule has 6 heteroatoms. The SMILES string of the molecule is COC(CNC(=O)NCC1CCCC(C)C1)CC(=O)O. The summed E-state index contributed by atoms with van der Waals surface area (Å²) in [6.45, 7) is 3.14. The third-order valence-corrected chi connectivity index (χ3v) is 3.82. The zero-order valence-corrected chi connectivity index (χ0v) is 12.4. The second-order valence-electron chi connectivity index (χ2n) is 5.68. The van der Waals surface area contributed by atoms with Crippen LogP contribution in [0, 0.1) is 11.8 Å².